The summed E-state index contributed by atoms with van der Waals surface area (Å²) in [4.78, 5) is 3.91. The van der Waals surface area contributed by atoms with Crippen LogP contribution in [0, 0.1) is 5.92 Å². The molecule has 4 rings (SSSR count). The van der Waals surface area contributed by atoms with Crippen LogP contribution in [0.25, 0.3) is 22.3 Å². The molecule has 0 heterocycles. The maximum Gasteiger partial charge on any atom is 0.0199 e. The Morgan fingerprint density at radius 1 is 0.559 bits per heavy atom. The summed E-state index contributed by atoms with van der Waals surface area (Å²) in [5.74, 6) is 0.490. The number of thiol groups is 4. The monoisotopic (exact) mass is 518 g/mol. The van der Waals surface area contributed by atoms with Gasteiger partial charge in [-0.2, -0.15) is 0 Å². The van der Waals surface area contributed by atoms with Crippen LogP contribution in [-0.4, -0.2) is 0 Å². The van der Waals surface area contributed by atoms with Crippen molar-refractivity contribution < 1.29 is 0 Å². The summed E-state index contributed by atoms with van der Waals surface area (Å²) >= 11 is 18.8. The molecule has 0 aliphatic rings. The van der Waals surface area contributed by atoms with Crippen molar-refractivity contribution in [3.63, 3.8) is 0 Å². The standard InChI is InChI=1S/C30H30S4/c1-19(2)18-30(3,26-16-22(8-14-28(26)33)20-4-10-24(31)11-5-20)27-17-23(9-15-29(27)34)21-6-12-25(32)13-7-21/h4-17,19,31-34H,18H2,1-3H3. The first-order valence-corrected chi connectivity index (χ1v) is 13.2. The Morgan fingerprint density at radius 2 is 0.912 bits per heavy atom. The topological polar surface area (TPSA) is 0 Å². The lowest BCUT2D eigenvalue weighted by atomic mass is 9.70. The summed E-state index contributed by atoms with van der Waals surface area (Å²) in [6.45, 7) is 6.89. The number of rotatable bonds is 6. The highest BCUT2D eigenvalue weighted by molar-refractivity contribution is 7.80. The predicted octanol–water partition coefficient (Wildman–Crippen LogP) is 9.53. The average Bonchev–Trinajstić information content (AvgIpc) is 2.80. The molecule has 0 aromatic heterocycles. The van der Waals surface area contributed by atoms with Crippen LogP contribution in [-0.2, 0) is 5.41 Å². The third-order valence-corrected chi connectivity index (χ3v) is 7.78. The van der Waals surface area contributed by atoms with Crippen LogP contribution in [0.4, 0.5) is 0 Å². The van der Waals surface area contributed by atoms with Crippen LogP contribution in [0.2, 0.25) is 0 Å². The number of benzene rings is 4. The summed E-state index contributed by atoms with van der Waals surface area (Å²) in [7, 11) is 0. The second kappa shape index (κ2) is 10.5. The first kappa shape index (κ1) is 25.4. The fourth-order valence-electron chi connectivity index (χ4n) is 4.80. The van der Waals surface area contributed by atoms with Gasteiger partial charge in [0.05, 0.1) is 0 Å². The van der Waals surface area contributed by atoms with Crippen molar-refractivity contribution in [2.45, 2.75) is 52.2 Å². The average molecular weight is 519 g/mol. The van der Waals surface area contributed by atoms with E-state index in [9.17, 15) is 0 Å². The van der Waals surface area contributed by atoms with Gasteiger partial charge >= 0.3 is 0 Å². The molecule has 4 heteroatoms. The molecule has 0 aliphatic heterocycles. The van der Waals surface area contributed by atoms with Gasteiger partial charge in [0.25, 0.3) is 0 Å². The van der Waals surface area contributed by atoms with E-state index in [1.165, 1.54) is 33.4 Å². The second-order valence-corrected chi connectivity index (χ2v) is 11.5. The largest absolute Gasteiger partial charge is 0.143 e. The zero-order valence-corrected chi connectivity index (χ0v) is 23.2. The lowest BCUT2D eigenvalue weighted by Crippen LogP contribution is -2.27. The summed E-state index contributed by atoms with van der Waals surface area (Å²) < 4.78 is 0. The van der Waals surface area contributed by atoms with Gasteiger partial charge in [0, 0.05) is 25.0 Å². The third kappa shape index (κ3) is 5.41. The van der Waals surface area contributed by atoms with Crippen molar-refractivity contribution >= 4 is 50.5 Å². The summed E-state index contributed by atoms with van der Waals surface area (Å²) in [6, 6.07) is 29.7. The molecule has 174 valence electrons. The van der Waals surface area contributed by atoms with E-state index in [2.05, 4.69) is 107 Å². The quantitative estimate of drug-likeness (QED) is 0.179. The highest BCUT2D eigenvalue weighted by Crippen LogP contribution is 2.45. The zero-order valence-electron chi connectivity index (χ0n) is 19.7. The third-order valence-electron chi connectivity index (χ3n) is 6.40. The number of hydrogen-bond donors (Lipinski definition) is 4. The Balaban J connectivity index is 1.89. The van der Waals surface area contributed by atoms with E-state index in [0.29, 0.717) is 5.92 Å². The first-order chi connectivity index (χ1) is 16.2. The molecule has 0 N–H and O–H groups in total. The highest BCUT2D eigenvalue weighted by Gasteiger charge is 2.33. The maximum atomic E-state index is 4.94. The van der Waals surface area contributed by atoms with Crippen LogP contribution in [0.1, 0.15) is 38.3 Å². The Bertz CT molecular complexity index is 1190. The molecular formula is C30H30S4. The molecule has 0 nitrogen and oxygen atoms in total. The molecule has 0 amide bonds. The van der Waals surface area contributed by atoms with Gasteiger partial charge in [-0.3, -0.25) is 0 Å². The molecule has 0 aliphatic carbocycles. The molecule has 0 spiro atoms. The number of hydrogen-bond acceptors (Lipinski definition) is 4. The maximum absolute atomic E-state index is 4.94. The Hall–Kier alpha value is -1.72. The lowest BCUT2D eigenvalue weighted by Gasteiger charge is -2.35. The van der Waals surface area contributed by atoms with Gasteiger partial charge in [-0.15, -0.1) is 50.5 Å². The van der Waals surface area contributed by atoms with Crippen molar-refractivity contribution in [2.24, 2.45) is 5.92 Å². The zero-order chi connectivity index (χ0) is 24.5. The fourth-order valence-corrected chi connectivity index (χ4v) is 5.87. The van der Waals surface area contributed by atoms with E-state index in [0.717, 1.165) is 26.0 Å². The molecule has 34 heavy (non-hydrogen) atoms. The molecule has 0 saturated carbocycles. The molecular weight excluding hydrogens is 489 g/mol. The van der Waals surface area contributed by atoms with E-state index in [-0.39, 0.29) is 5.41 Å². The predicted molar refractivity (Wildman–Crippen MR) is 159 cm³/mol. The van der Waals surface area contributed by atoms with E-state index in [4.69, 9.17) is 25.3 Å². The van der Waals surface area contributed by atoms with Crippen molar-refractivity contribution in [1.82, 2.24) is 0 Å². The van der Waals surface area contributed by atoms with E-state index >= 15 is 0 Å². The van der Waals surface area contributed by atoms with Crippen molar-refractivity contribution in [1.29, 1.82) is 0 Å². The molecule has 0 radical (unpaired) electrons. The van der Waals surface area contributed by atoms with Gasteiger partial charge in [-0.05, 0) is 94.3 Å². The molecule has 4 aromatic rings. The van der Waals surface area contributed by atoms with Gasteiger partial charge < -0.3 is 0 Å². The SMILES string of the molecule is CC(C)CC(C)(c1cc(-c2ccc(S)cc2)ccc1S)c1cc(-c2ccc(S)cc2)ccc1S. The fraction of sp³-hybridized carbons (Fsp3) is 0.200. The molecule has 0 unspecified atom stereocenters. The normalized spacial score (nSPS) is 11.8. The molecule has 0 bridgehead atoms. The molecule has 0 atom stereocenters. The van der Waals surface area contributed by atoms with Crippen molar-refractivity contribution in [3.05, 3.63) is 96.1 Å². The van der Waals surface area contributed by atoms with Gasteiger partial charge in [-0.1, -0.05) is 57.2 Å². The molecule has 0 fully saturated rings. The van der Waals surface area contributed by atoms with E-state index in [1.807, 2.05) is 24.3 Å². The van der Waals surface area contributed by atoms with Gasteiger partial charge in [0.15, 0.2) is 0 Å². The molecule has 4 aromatic carbocycles. The lowest BCUT2D eigenvalue weighted by molar-refractivity contribution is 0.418. The van der Waals surface area contributed by atoms with Gasteiger partial charge in [0.2, 0.25) is 0 Å². The van der Waals surface area contributed by atoms with Crippen LogP contribution in [0.15, 0.2) is 105 Å². The van der Waals surface area contributed by atoms with E-state index < -0.39 is 0 Å². The summed E-state index contributed by atoms with van der Waals surface area (Å²) in [5, 5.41) is 0. The van der Waals surface area contributed by atoms with Gasteiger partial charge in [0.1, 0.15) is 0 Å². The minimum absolute atomic E-state index is 0.263. The van der Waals surface area contributed by atoms with Crippen LogP contribution < -0.4 is 0 Å². The summed E-state index contributed by atoms with van der Waals surface area (Å²) in [5.41, 5.74) is 6.87. The summed E-state index contributed by atoms with van der Waals surface area (Å²) in [6.07, 6.45) is 0.978. The van der Waals surface area contributed by atoms with Gasteiger partial charge in [-0.25, -0.2) is 0 Å². The van der Waals surface area contributed by atoms with Crippen molar-refractivity contribution in [3.8, 4) is 22.3 Å². The minimum atomic E-state index is -0.263. The van der Waals surface area contributed by atoms with Crippen LogP contribution >= 0.6 is 50.5 Å². The Morgan fingerprint density at radius 3 is 1.26 bits per heavy atom. The molecule has 0 saturated heterocycles. The van der Waals surface area contributed by atoms with Crippen LogP contribution in [0.5, 0.6) is 0 Å². The Labute approximate surface area is 225 Å². The smallest absolute Gasteiger partial charge is 0.0199 e. The van der Waals surface area contributed by atoms with E-state index in [1.54, 1.807) is 0 Å². The van der Waals surface area contributed by atoms with Crippen LogP contribution in [0.3, 0.4) is 0 Å². The second-order valence-electron chi connectivity index (χ2n) is 9.49. The Kier molecular flexibility index (Phi) is 7.83. The highest BCUT2D eigenvalue weighted by atomic mass is 32.1. The first-order valence-electron chi connectivity index (χ1n) is 11.4. The van der Waals surface area contributed by atoms with Crippen molar-refractivity contribution in [2.75, 3.05) is 0 Å². The minimum Gasteiger partial charge on any atom is -0.143 e.